The molecule has 0 aromatic rings. The molecule has 296 valence electrons. The molecule has 3 rings (SSSR count). The molecule has 52 heavy (non-hydrogen) atoms. The second-order valence-corrected chi connectivity index (χ2v) is 17.3. The minimum absolute atomic E-state index is 0.00198. The molecular formula is C39H67N5O8. The van der Waals surface area contributed by atoms with Crippen molar-refractivity contribution in [3.63, 3.8) is 0 Å². The maximum Gasteiger partial charge on any atom is 0.437 e. The third-order valence-electron chi connectivity index (χ3n) is 9.29. The molecule has 3 amide bonds. The van der Waals surface area contributed by atoms with Crippen molar-refractivity contribution in [1.29, 1.82) is 0 Å². The smallest absolute Gasteiger partial charge is 0.437 e. The normalized spacial score (nSPS) is 20.7. The number of nitrogens with zero attached hydrogens (tertiary/aromatic N) is 4. The summed E-state index contributed by atoms with van der Waals surface area (Å²) in [5.74, 6) is -0.268. The van der Waals surface area contributed by atoms with Gasteiger partial charge in [-0.1, -0.05) is 12.2 Å². The van der Waals surface area contributed by atoms with E-state index in [1.807, 2.05) is 37.6 Å². The molecular weight excluding hydrogens is 666 g/mol. The molecule has 2 fully saturated rings. The van der Waals surface area contributed by atoms with Crippen LogP contribution in [-0.2, 0) is 28.5 Å². The predicted octanol–water partition coefficient (Wildman–Crippen LogP) is 6.59. The van der Waals surface area contributed by atoms with Gasteiger partial charge in [-0.15, -0.1) is 4.99 Å². The predicted molar refractivity (Wildman–Crippen MR) is 201 cm³/mol. The van der Waals surface area contributed by atoms with Crippen molar-refractivity contribution in [2.45, 2.75) is 174 Å². The summed E-state index contributed by atoms with van der Waals surface area (Å²) in [6, 6.07) is -0.357. The van der Waals surface area contributed by atoms with Crippen LogP contribution < -0.4 is 5.32 Å². The van der Waals surface area contributed by atoms with Gasteiger partial charge in [0.2, 0.25) is 11.9 Å². The van der Waals surface area contributed by atoms with Crippen molar-refractivity contribution >= 4 is 30.0 Å². The van der Waals surface area contributed by atoms with Crippen molar-refractivity contribution in [2.75, 3.05) is 33.3 Å². The number of aliphatic imine (C=N–C) groups is 1. The number of amides is 3. The van der Waals surface area contributed by atoms with Gasteiger partial charge in [-0.2, -0.15) is 0 Å². The highest BCUT2D eigenvalue weighted by Gasteiger charge is 2.38. The molecule has 1 N–H and O–H groups in total. The average Bonchev–Trinajstić information content (AvgIpc) is 3.31. The number of allylic oxidation sites excluding steroid dienone is 2. The highest BCUT2D eigenvalue weighted by molar-refractivity contribution is 5.99. The summed E-state index contributed by atoms with van der Waals surface area (Å²) in [7, 11) is 1.99. The van der Waals surface area contributed by atoms with Crippen LogP contribution in [0.5, 0.6) is 0 Å². The summed E-state index contributed by atoms with van der Waals surface area (Å²) >= 11 is 0. The summed E-state index contributed by atoms with van der Waals surface area (Å²) in [6.07, 6.45) is 11.6. The molecule has 13 nitrogen and oxygen atoms in total. The fourth-order valence-corrected chi connectivity index (χ4v) is 6.90. The summed E-state index contributed by atoms with van der Waals surface area (Å²) in [4.78, 5) is 62.7. The molecule has 2 saturated heterocycles. The maximum atomic E-state index is 14.4. The number of carbonyl (C=O) groups is 4. The first-order chi connectivity index (χ1) is 24.2. The molecule has 0 aromatic carbocycles. The summed E-state index contributed by atoms with van der Waals surface area (Å²) in [5.41, 5.74) is -2.09. The Balaban J connectivity index is 1.62. The van der Waals surface area contributed by atoms with Crippen LogP contribution in [-0.4, -0.2) is 119 Å². The van der Waals surface area contributed by atoms with Gasteiger partial charge in [-0.05, 0) is 134 Å². The summed E-state index contributed by atoms with van der Waals surface area (Å²) < 4.78 is 22.9. The van der Waals surface area contributed by atoms with E-state index in [-0.39, 0.29) is 42.4 Å². The number of hydrogen-bond acceptors (Lipinski definition) is 9. The third-order valence-corrected chi connectivity index (χ3v) is 9.29. The molecule has 0 radical (unpaired) electrons. The Kier molecular flexibility index (Phi) is 16.0. The molecule has 0 spiro atoms. The zero-order valence-corrected chi connectivity index (χ0v) is 33.6. The van der Waals surface area contributed by atoms with Crippen LogP contribution in [0.2, 0.25) is 0 Å². The molecule has 2 atom stereocenters. The molecule has 1 aliphatic carbocycles. The van der Waals surface area contributed by atoms with E-state index >= 15 is 0 Å². The van der Waals surface area contributed by atoms with Crippen molar-refractivity contribution in [2.24, 2.45) is 4.99 Å². The fraction of sp³-hybridized carbons (Fsp3) is 0.821. The first-order valence-corrected chi connectivity index (χ1v) is 19.3. The Bertz CT molecular complexity index is 1250. The highest BCUT2D eigenvalue weighted by atomic mass is 16.6. The second kappa shape index (κ2) is 19.2. The van der Waals surface area contributed by atoms with E-state index in [2.05, 4.69) is 27.4 Å². The van der Waals surface area contributed by atoms with E-state index in [1.165, 1.54) is 0 Å². The topological polar surface area (TPSA) is 139 Å². The first-order valence-electron chi connectivity index (χ1n) is 19.3. The van der Waals surface area contributed by atoms with E-state index in [1.54, 1.807) is 41.5 Å². The molecule has 0 aromatic heterocycles. The summed E-state index contributed by atoms with van der Waals surface area (Å²) in [5, 5.41) is 2.64. The van der Waals surface area contributed by atoms with Gasteiger partial charge in [-0.25, -0.2) is 9.59 Å². The number of likely N-dealkylation sites (tertiary alicyclic amines) is 2. The molecule has 2 aliphatic heterocycles. The monoisotopic (exact) mass is 733 g/mol. The van der Waals surface area contributed by atoms with Crippen LogP contribution in [0.25, 0.3) is 0 Å². The van der Waals surface area contributed by atoms with Gasteiger partial charge in [0, 0.05) is 38.3 Å². The van der Waals surface area contributed by atoms with Crippen LogP contribution in [0.4, 0.5) is 9.59 Å². The highest BCUT2D eigenvalue weighted by Crippen LogP contribution is 2.27. The maximum absolute atomic E-state index is 14.4. The third kappa shape index (κ3) is 15.4. The lowest BCUT2D eigenvalue weighted by Crippen LogP contribution is -2.55. The van der Waals surface area contributed by atoms with Crippen LogP contribution in [0.1, 0.15) is 133 Å². The lowest BCUT2D eigenvalue weighted by molar-refractivity contribution is -0.160. The molecule has 13 heteroatoms. The van der Waals surface area contributed by atoms with E-state index in [4.69, 9.17) is 18.9 Å². The standard InChI is InChI=1S/C39H67N5O8/c1-37(2,3)50-32(45)27-31(42(10)28-17-13-11-12-14-18-28)33(46)44-23-16-15-19-29(44)22-26-49-30-20-24-43(25-21-30)34(40-35(47)51-38(4,5)6)41-36(48)52-39(7,8)9/h11-12,28-31H,13-27H2,1-10H3,(H,40,41,47,48)/t29-,31-/m0/s1. The Morgan fingerprint density at radius 1 is 0.808 bits per heavy atom. The van der Waals surface area contributed by atoms with Gasteiger partial charge in [0.05, 0.1) is 18.6 Å². The second-order valence-electron chi connectivity index (χ2n) is 17.3. The quantitative estimate of drug-likeness (QED) is 0.0909. The van der Waals surface area contributed by atoms with Gasteiger partial charge in [-0.3, -0.25) is 19.8 Å². The zero-order valence-electron chi connectivity index (χ0n) is 33.6. The van der Waals surface area contributed by atoms with Crippen LogP contribution in [0.15, 0.2) is 17.1 Å². The van der Waals surface area contributed by atoms with Crippen molar-refractivity contribution in [3.05, 3.63) is 12.2 Å². The van der Waals surface area contributed by atoms with Crippen molar-refractivity contribution in [3.8, 4) is 0 Å². The fourth-order valence-electron chi connectivity index (χ4n) is 6.90. The zero-order chi connectivity index (χ0) is 38.7. The van der Waals surface area contributed by atoms with Crippen LogP contribution in [0, 0.1) is 0 Å². The van der Waals surface area contributed by atoms with Gasteiger partial charge in [0.15, 0.2) is 0 Å². The molecule has 0 saturated carbocycles. The van der Waals surface area contributed by atoms with E-state index in [0.717, 1.165) is 44.9 Å². The van der Waals surface area contributed by atoms with Gasteiger partial charge in [0.25, 0.3) is 0 Å². The number of likely N-dealkylation sites (N-methyl/N-ethyl adjacent to an activating group) is 1. The van der Waals surface area contributed by atoms with E-state index < -0.39 is 35.0 Å². The number of piperidine rings is 2. The molecule has 2 heterocycles. The summed E-state index contributed by atoms with van der Waals surface area (Å²) in [6.45, 7) is 18.3. The number of rotatable bonds is 9. The van der Waals surface area contributed by atoms with Gasteiger partial charge >= 0.3 is 18.2 Å². The van der Waals surface area contributed by atoms with E-state index in [9.17, 15) is 19.2 Å². The van der Waals surface area contributed by atoms with Crippen LogP contribution >= 0.6 is 0 Å². The number of carbonyl (C=O) groups excluding carboxylic acids is 4. The number of guanidine groups is 1. The van der Waals surface area contributed by atoms with Crippen molar-refractivity contribution in [1.82, 2.24) is 20.0 Å². The molecule has 3 aliphatic rings. The Hall–Kier alpha value is -3.19. The average molecular weight is 734 g/mol. The SMILES string of the molecule is CN(C1CCC=CCC1)[C@@H](CC(=O)OC(C)(C)C)C(=O)N1CCCC[C@H]1CCOC1CCN(C(=NC(=O)OC(C)(C)C)NC(=O)OC(C)(C)C)CC1. The number of alkyl carbamates (subject to hydrolysis) is 1. The van der Waals surface area contributed by atoms with E-state index in [0.29, 0.717) is 45.5 Å². The van der Waals surface area contributed by atoms with Crippen LogP contribution in [0.3, 0.4) is 0 Å². The first kappa shape index (κ1) is 43.2. The number of hydrogen-bond donors (Lipinski definition) is 1. The van der Waals surface area contributed by atoms with Gasteiger partial charge in [0.1, 0.15) is 16.8 Å². The minimum atomic E-state index is -0.797. The largest absolute Gasteiger partial charge is 0.460 e. The number of esters is 1. The number of ether oxygens (including phenoxy) is 4. The molecule has 0 unspecified atom stereocenters. The van der Waals surface area contributed by atoms with Gasteiger partial charge < -0.3 is 28.7 Å². The Morgan fingerprint density at radius 3 is 1.98 bits per heavy atom. The number of nitrogens with one attached hydrogen (secondary N) is 1. The Morgan fingerprint density at radius 2 is 1.40 bits per heavy atom. The Labute approximate surface area is 312 Å². The lowest BCUT2D eigenvalue weighted by atomic mass is 9.96. The van der Waals surface area contributed by atoms with Crippen molar-refractivity contribution < 1.29 is 38.1 Å². The lowest BCUT2D eigenvalue weighted by Gasteiger charge is -2.42. The molecule has 0 bridgehead atoms. The minimum Gasteiger partial charge on any atom is -0.460 e.